The number of aliphatic hydroxyl groups excluding tert-OH is 1. The molecular formula is C22H29N3O4S. The fourth-order valence-electron chi connectivity index (χ4n) is 3.48. The number of β-amino-alcohol motifs (C(OH)–C–C–N with tert-alkyl or cyclic N) is 1. The number of carbonyl (C=O) groups excluding carboxylic acids is 2. The Morgan fingerprint density at radius 2 is 1.97 bits per heavy atom. The molecule has 0 bridgehead atoms. The van der Waals surface area contributed by atoms with Crippen LogP contribution in [0.1, 0.15) is 51.4 Å². The number of nitrogens with one attached hydrogen (secondary N) is 1. The summed E-state index contributed by atoms with van der Waals surface area (Å²) in [5, 5.41) is 13.0. The maximum Gasteiger partial charge on any atom is 0.411 e. The minimum Gasteiger partial charge on any atom is -0.444 e. The standard InChI is InChI=1S/C22H29N3O4S/c1-13(15-6-8-16(9-7-15)19-14(2)23-12-30-19)24-20(27)18-10-17(26)11-25(18)21(28)29-22(3,4)5/h6-9,12-13,17-18,26H,10-11H2,1-5H3,(H,24,27)/t13-,17-,18+/m0/s1. The first-order chi connectivity index (χ1) is 14.0. The first-order valence-corrected chi connectivity index (χ1v) is 10.9. The highest BCUT2D eigenvalue weighted by atomic mass is 32.1. The van der Waals surface area contributed by atoms with Crippen LogP contribution in [0, 0.1) is 6.92 Å². The van der Waals surface area contributed by atoms with Crippen molar-refractivity contribution in [2.24, 2.45) is 0 Å². The van der Waals surface area contributed by atoms with E-state index in [2.05, 4.69) is 10.3 Å². The van der Waals surface area contributed by atoms with Crippen LogP contribution in [0.2, 0.25) is 0 Å². The molecule has 0 aliphatic carbocycles. The minimum atomic E-state index is -0.753. The first kappa shape index (κ1) is 22.2. The number of carbonyl (C=O) groups is 2. The number of rotatable bonds is 4. The highest BCUT2D eigenvalue weighted by molar-refractivity contribution is 7.13. The van der Waals surface area contributed by atoms with E-state index in [1.165, 1.54) is 4.90 Å². The van der Waals surface area contributed by atoms with Gasteiger partial charge in [-0.25, -0.2) is 9.78 Å². The summed E-state index contributed by atoms with van der Waals surface area (Å²) < 4.78 is 5.39. The van der Waals surface area contributed by atoms with Crippen molar-refractivity contribution in [3.63, 3.8) is 0 Å². The van der Waals surface area contributed by atoms with E-state index in [0.717, 1.165) is 21.7 Å². The van der Waals surface area contributed by atoms with E-state index >= 15 is 0 Å². The average molecular weight is 432 g/mol. The molecule has 0 radical (unpaired) electrons. The van der Waals surface area contributed by atoms with Crippen molar-refractivity contribution in [3.05, 3.63) is 41.0 Å². The molecule has 8 heteroatoms. The molecule has 2 N–H and O–H groups in total. The molecule has 1 aromatic carbocycles. The van der Waals surface area contributed by atoms with Gasteiger partial charge in [0.15, 0.2) is 0 Å². The number of benzene rings is 1. The molecule has 1 saturated heterocycles. The lowest BCUT2D eigenvalue weighted by Gasteiger charge is -2.28. The van der Waals surface area contributed by atoms with E-state index in [1.54, 1.807) is 32.1 Å². The number of likely N-dealkylation sites (tertiary alicyclic amines) is 1. The Morgan fingerprint density at radius 3 is 2.53 bits per heavy atom. The minimum absolute atomic E-state index is 0.0876. The monoisotopic (exact) mass is 431 g/mol. The number of ether oxygens (including phenoxy) is 1. The van der Waals surface area contributed by atoms with Crippen LogP contribution >= 0.6 is 11.3 Å². The summed E-state index contributed by atoms with van der Waals surface area (Å²) in [5.74, 6) is -0.299. The molecule has 2 aromatic rings. The van der Waals surface area contributed by atoms with Crippen LogP contribution in [-0.4, -0.2) is 51.3 Å². The fourth-order valence-corrected chi connectivity index (χ4v) is 4.29. The number of thiazole rings is 1. The Balaban J connectivity index is 1.66. The van der Waals surface area contributed by atoms with Crippen molar-refractivity contribution in [3.8, 4) is 10.4 Å². The molecule has 1 aromatic heterocycles. The maximum atomic E-state index is 12.9. The quantitative estimate of drug-likeness (QED) is 0.771. The van der Waals surface area contributed by atoms with E-state index in [1.807, 2.05) is 43.6 Å². The Kier molecular flexibility index (Phi) is 6.47. The highest BCUT2D eigenvalue weighted by Crippen LogP contribution is 2.28. The normalized spacial score (nSPS) is 20.1. The van der Waals surface area contributed by atoms with Crippen LogP contribution < -0.4 is 5.32 Å². The molecule has 2 amide bonds. The van der Waals surface area contributed by atoms with Crippen LogP contribution in [0.3, 0.4) is 0 Å². The van der Waals surface area contributed by atoms with Gasteiger partial charge >= 0.3 is 6.09 Å². The van der Waals surface area contributed by atoms with Gasteiger partial charge in [0.2, 0.25) is 5.91 Å². The van der Waals surface area contributed by atoms with Gasteiger partial charge in [0.25, 0.3) is 0 Å². The molecule has 0 saturated carbocycles. The van der Waals surface area contributed by atoms with Crippen LogP contribution in [0.15, 0.2) is 29.8 Å². The lowest BCUT2D eigenvalue weighted by molar-refractivity contribution is -0.126. The van der Waals surface area contributed by atoms with Crippen molar-refractivity contribution in [1.29, 1.82) is 0 Å². The zero-order chi connectivity index (χ0) is 22.1. The van der Waals surface area contributed by atoms with Gasteiger partial charge in [-0.1, -0.05) is 24.3 Å². The number of amides is 2. The summed E-state index contributed by atoms with van der Waals surface area (Å²) in [4.78, 5) is 32.1. The van der Waals surface area contributed by atoms with Crippen LogP contribution in [-0.2, 0) is 9.53 Å². The molecule has 30 heavy (non-hydrogen) atoms. The second-order valence-electron chi connectivity index (χ2n) is 8.66. The van der Waals surface area contributed by atoms with Crippen molar-refractivity contribution >= 4 is 23.3 Å². The number of aliphatic hydroxyl groups is 1. The lowest BCUT2D eigenvalue weighted by Crippen LogP contribution is -2.48. The molecule has 162 valence electrons. The molecule has 3 atom stereocenters. The van der Waals surface area contributed by atoms with Gasteiger partial charge < -0.3 is 15.2 Å². The Morgan fingerprint density at radius 1 is 1.30 bits per heavy atom. The molecule has 1 fully saturated rings. The predicted molar refractivity (Wildman–Crippen MR) is 116 cm³/mol. The van der Waals surface area contributed by atoms with Gasteiger partial charge in [-0.15, -0.1) is 11.3 Å². The van der Waals surface area contributed by atoms with E-state index < -0.39 is 23.8 Å². The molecule has 0 spiro atoms. The van der Waals surface area contributed by atoms with Gasteiger partial charge in [0.1, 0.15) is 11.6 Å². The summed E-state index contributed by atoms with van der Waals surface area (Å²) in [6.45, 7) is 9.28. The van der Waals surface area contributed by atoms with Crippen LogP contribution in [0.4, 0.5) is 4.79 Å². The Hall–Kier alpha value is -2.45. The van der Waals surface area contributed by atoms with Gasteiger partial charge in [-0.05, 0) is 45.7 Å². The van der Waals surface area contributed by atoms with E-state index in [-0.39, 0.29) is 24.9 Å². The third-order valence-corrected chi connectivity index (χ3v) is 5.96. The number of aromatic nitrogens is 1. The lowest BCUT2D eigenvalue weighted by atomic mass is 10.0. The fraction of sp³-hybridized carbons (Fsp3) is 0.500. The molecular weight excluding hydrogens is 402 g/mol. The zero-order valence-corrected chi connectivity index (χ0v) is 18.8. The molecule has 3 rings (SSSR count). The number of hydrogen-bond donors (Lipinski definition) is 2. The third-order valence-electron chi connectivity index (χ3n) is 4.99. The number of hydrogen-bond acceptors (Lipinski definition) is 6. The summed E-state index contributed by atoms with van der Waals surface area (Å²) >= 11 is 1.60. The summed E-state index contributed by atoms with van der Waals surface area (Å²) in [7, 11) is 0. The van der Waals surface area contributed by atoms with E-state index in [0.29, 0.717) is 0 Å². The second kappa shape index (κ2) is 8.73. The molecule has 1 aliphatic heterocycles. The van der Waals surface area contributed by atoms with Gasteiger partial charge in [-0.3, -0.25) is 9.69 Å². The van der Waals surface area contributed by atoms with Crippen molar-refractivity contribution < 1.29 is 19.4 Å². The van der Waals surface area contributed by atoms with E-state index in [9.17, 15) is 14.7 Å². The van der Waals surface area contributed by atoms with Crippen molar-refractivity contribution in [2.45, 2.75) is 64.8 Å². The first-order valence-electron chi connectivity index (χ1n) is 10.0. The van der Waals surface area contributed by atoms with Gasteiger partial charge in [-0.2, -0.15) is 0 Å². The smallest absolute Gasteiger partial charge is 0.411 e. The number of aryl methyl sites for hydroxylation is 1. The summed E-state index contributed by atoms with van der Waals surface area (Å²) in [6, 6.07) is 7.00. The third kappa shape index (κ3) is 5.17. The predicted octanol–water partition coefficient (Wildman–Crippen LogP) is 3.67. The average Bonchev–Trinajstić information content (AvgIpc) is 3.26. The van der Waals surface area contributed by atoms with Gasteiger partial charge in [0.05, 0.1) is 34.8 Å². The van der Waals surface area contributed by atoms with Gasteiger partial charge in [0, 0.05) is 6.42 Å². The Labute approximate surface area is 181 Å². The highest BCUT2D eigenvalue weighted by Gasteiger charge is 2.41. The zero-order valence-electron chi connectivity index (χ0n) is 18.0. The van der Waals surface area contributed by atoms with Crippen LogP contribution in [0.5, 0.6) is 0 Å². The maximum absolute atomic E-state index is 12.9. The van der Waals surface area contributed by atoms with Crippen molar-refractivity contribution in [1.82, 2.24) is 15.2 Å². The summed E-state index contributed by atoms with van der Waals surface area (Å²) in [5.41, 5.74) is 4.20. The number of nitrogens with zero attached hydrogens (tertiary/aromatic N) is 2. The summed E-state index contributed by atoms with van der Waals surface area (Å²) in [6.07, 6.45) is -1.14. The second-order valence-corrected chi connectivity index (χ2v) is 9.51. The molecule has 7 nitrogen and oxygen atoms in total. The SMILES string of the molecule is Cc1ncsc1-c1ccc([C@H](C)NC(=O)[C@H]2C[C@H](O)CN2C(=O)OC(C)(C)C)cc1. The van der Waals surface area contributed by atoms with Crippen LogP contribution in [0.25, 0.3) is 10.4 Å². The Bertz CT molecular complexity index is 904. The van der Waals surface area contributed by atoms with Crippen molar-refractivity contribution in [2.75, 3.05) is 6.54 Å². The largest absolute Gasteiger partial charge is 0.444 e. The van der Waals surface area contributed by atoms with E-state index in [4.69, 9.17) is 4.74 Å². The molecule has 2 heterocycles. The topological polar surface area (TPSA) is 91.8 Å². The molecule has 0 unspecified atom stereocenters. The molecule has 1 aliphatic rings.